The standard InChI is InChI=1S/C13H21NOS.ClH/c15-13(11-5-2-1-3-6-11)10-14-9-12-7-4-8-16-12;/h4,7-8,11,13-15H,1-3,5-6,9-10H2;1H. The van der Waals surface area contributed by atoms with Crippen LogP contribution in [-0.2, 0) is 6.54 Å². The first-order chi connectivity index (χ1) is 7.86. The van der Waals surface area contributed by atoms with Crippen LogP contribution in [0.3, 0.4) is 0 Å². The first-order valence-electron chi connectivity index (χ1n) is 6.27. The Labute approximate surface area is 114 Å². The van der Waals surface area contributed by atoms with E-state index in [9.17, 15) is 5.11 Å². The normalized spacial score (nSPS) is 18.6. The number of hydrogen-bond acceptors (Lipinski definition) is 3. The number of thiophene rings is 1. The maximum atomic E-state index is 10.0. The van der Waals surface area contributed by atoms with Gasteiger partial charge in [0.2, 0.25) is 0 Å². The highest BCUT2D eigenvalue weighted by Crippen LogP contribution is 2.26. The van der Waals surface area contributed by atoms with Crippen molar-refractivity contribution in [3.05, 3.63) is 22.4 Å². The average Bonchev–Trinajstić information content (AvgIpc) is 2.83. The summed E-state index contributed by atoms with van der Waals surface area (Å²) in [6.07, 6.45) is 6.22. The minimum absolute atomic E-state index is 0. The number of aliphatic hydroxyl groups is 1. The van der Waals surface area contributed by atoms with Gasteiger partial charge in [0.1, 0.15) is 0 Å². The molecule has 17 heavy (non-hydrogen) atoms. The van der Waals surface area contributed by atoms with Gasteiger partial charge in [0.05, 0.1) is 6.10 Å². The molecular weight excluding hydrogens is 254 g/mol. The molecule has 0 radical (unpaired) electrons. The number of nitrogens with one attached hydrogen (secondary N) is 1. The maximum Gasteiger partial charge on any atom is 0.0692 e. The first kappa shape index (κ1) is 15.0. The molecular formula is C13H22ClNOS. The molecule has 1 aliphatic carbocycles. The van der Waals surface area contributed by atoms with Crippen LogP contribution in [-0.4, -0.2) is 17.8 Å². The van der Waals surface area contributed by atoms with Gasteiger partial charge in [-0.3, -0.25) is 0 Å². The lowest BCUT2D eigenvalue weighted by atomic mass is 9.85. The fourth-order valence-corrected chi connectivity index (χ4v) is 3.12. The summed E-state index contributed by atoms with van der Waals surface area (Å²) in [5, 5.41) is 15.5. The van der Waals surface area contributed by atoms with E-state index in [-0.39, 0.29) is 18.5 Å². The molecule has 2 rings (SSSR count). The number of rotatable bonds is 5. The maximum absolute atomic E-state index is 10.0. The highest BCUT2D eigenvalue weighted by molar-refractivity contribution is 7.09. The van der Waals surface area contributed by atoms with Gasteiger partial charge in [-0.2, -0.15) is 0 Å². The molecule has 1 aromatic heterocycles. The minimum atomic E-state index is -0.153. The van der Waals surface area contributed by atoms with Crippen molar-refractivity contribution in [2.24, 2.45) is 5.92 Å². The summed E-state index contributed by atoms with van der Waals surface area (Å²) in [6.45, 7) is 1.63. The number of halogens is 1. The Morgan fingerprint density at radius 1 is 1.35 bits per heavy atom. The third kappa shape index (κ3) is 4.96. The summed E-state index contributed by atoms with van der Waals surface area (Å²) >= 11 is 1.77. The highest BCUT2D eigenvalue weighted by atomic mass is 35.5. The summed E-state index contributed by atoms with van der Waals surface area (Å²) in [6, 6.07) is 4.20. The van der Waals surface area contributed by atoms with Crippen molar-refractivity contribution in [2.75, 3.05) is 6.54 Å². The quantitative estimate of drug-likeness (QED) is 0.865. The lowest BCUT2D eigenvalue weighted by molar-refractivity contribution is 0.0839. The zero-order valence-electron chi connectivity index (χ0n) is 10.1. The number of aliphatic hydroxyl groups excluding tert-OH is 1. The van der Waals surface area contributed by atoms with Gasteiger partial charge >= 0.3 is 0 Å². The lowest BCUT2D eigenvalue weighted by Gasteiger charge is -2.26. The fraction of sp³-hybridized carbons (Fsp3) is 0.692. The summed E-state index contributed by atoms with van der Waals surface area (Å²) in [7, 11) is 0. The van der Waals surface area contributed by atoms with E-state index in [0.717, 1.165) is 13.1 Å². The summed E-state index contributed by atoms with van der Waals surface area (Å²) < 4.78 is 0. The largest absolute Gasteiger partial charge is 0.392 e. The Kier molecular flexibility index (Phi) is 7.12. The van der Waals surface area contributed by atoms with Gasteiger partial charge in [-0.15, -0.1) is 23.7 Å². The molecule has 0 saturated heterocycles. The van der Waals surface area contributed by atoms with E-state index in [0.29, 0.717) is 5.92 Å². The Hall–Kier alpha value is -0.0900. The van der Waals surface area contributed by atoms with Crippen LogP contribution in [0.5, 0.6) is 0 Å². The molecule has 1 saturated carbocycles. The predicted molar refractivity (Wildman–Crippen MR) is 75.9 cm³/mol. The Morgan fingerprint density at radius 2 is 2.12 bits per heavy atom. The molecule has 98 valence electrons. The monoisotopic (exact) mass is 275 g/mol. The third-order valence-electron chi connectivity index (χ3n) is 3.43. The average molecular weight is 276 g/mol. The molecule has 2 N–H and O–H groups in total. The molecule has 4 heteroatoms. The molecule has 1 aliphatic rings. The molecule has 2 nitrogen and oxygen atoms in total. The number of hydrogen-bond donors (Lipinski definition) is 2. The Morgan fingerprint density at radius 3 is 2.76 bits per heavy atom. The van der Waals surface area contributed by atoms with Crippen molar-refractivity contribution in [3.8, 4) is 0 Å². The van der Waals surface area contributed by atoms with E-state index in [4.69, 9.17) is 0 Å². The Bertz CT molecular complexity index is 286. The second-order valence-corrected chi connectivity index (χ2v) is 5.71. The van der Waals surface area contributed by atoms with Crippen LogP contribution in [0.15, 0.2) is 17.5 Å². The fourth-order valence-electron chi connectivity index (χ4n) is 2.44. The SMILES string of the molecule is Cl.OC(CNCc1cccs1)C1CCCCC1. The first-order valence-corrected chi connectivity index (χ1v) is 7.15. The van der Waals surface area contributed by atoms with Crippen LogP contribution >= 0.6 is 23.7 Å². The van der Waals surface area contributed by atoms with Crippen molar-refractivity contribution >= 4 is 23.7 Å². The van der Waals surface area contributed by atoms with E-state index in [1.807, 2.05) is 0 Å². The summed E-state index contributed by atoms with van der Waals surface area (Å²) in [4.78, 5) is 1.34. The topological polar surface area (TPSA) is 32.3 Å². The molecule has 1 fully saturated rings. The Balaban J connectivity index is 0.00000144. The zero-order chi connectivity index (χ0) is 11.2. The summed E-state index contributed by atoms with van der Waals surface area (Å²) in [5.74, 6) is 0.532. The third-order valence-corrected chi connectivity index (χ3v) is 4.30. The van der Waals surface area contributed by atoms with Crippen molar-refractivity contribution in [3.63, 3.8) is 0 Å². The van der Waals surface area contributed by atoms with Gasteiger partial charge in [0.15, 0.2) is 0 Å². The van der Waals surface area contributed by atoms with Gasteiger partial charge in [0.25, 0.3) is 0 Å². The van der Waals surface area contributed by atoms with Crippen molar-refractivity contribution in [2.45, 2.75) is 44.8 Å². The van der Waals surface area contributed by atoms with E-state index in [1.165, 1.54) is 37.0 Å². The molecule has 1 unspecified atom stereocenters. The van der Waals surface area contributed by atoms with E-state index in [2.05, 4.69) is 22.8 Å². The van der Waals surface area contributed by atoms with Crippen LogP contribution in [0, 0.1) is 5.92 Å². The summed E-state index contributed by atoms with van der Waals surface area (Å²) in [5.41, 5.74) is 0. The van der Waals surface area contributed by atoms with Crippen molar-refractivity contribution in [1.82, 2.24) is 5.32 Å². The zero-order valence-corrected chi connectivity index (χ0v) is 11.7. The van der Waals surface area contributed by atoms with Crippen LogP contribution in [0.4, 0.5) is 0 Å². The predicted octanol–water partition coefficient (Wildman–Crippen LogP) is 3.20. The van der Waals surface area contributed by atoms with Crippen LogP contribution in [0.25, 0.3) is 0 Å². The molecule has 0 spiro atoms. The van der Waals surface area contributed by atoms with Crippen molar-refractivity contribution < 1.29 is 5.11 Å². The second kappa shape index (κ2) is 8.09. The van der Waals surface area contributed by atoms with Crippen LogP contribution in [0.2, 0.25) is 0 Å². The smallest absolute Gasteiger partial charge is 0.0692 e. The molecule has 0 amide bonds. The van der Waals surface area contributed by atoms with E-state index >= 15 is 0 Å². The second-order valence-electron chi connectivity index (χ2n) is 4.68. The van der Waals surface area contributed by atoms with E-state index < -0.39 is 0 Å². The molecule has 0 aromatic carbocycles. The molecule has 0 aliphatic heterocycles. The lowest BCUT2D eigenvalue weighted by Crippen LogP contribution is -2.33. The van der Waals surface area contributed by atoms with Gasteiger partial charge in [-0.25, -0.2) is 0 Å². The molecule has 1 heterocycles. The van der Waals surface area contributed by atoms with Gasteiger partial charge in [-0.1, -0.05) is 25.3 Å². The minimum Gasteiger partial charge on any atom is -0.392 e. The van der Waals surface area contributed by atoms with Gasteiger partial charge in [-0.05, 0) is 30.2 Å². The molecule has 1 aromatic rings. The van der Waals surface area contributed by atoms with Gasteiger partial charge < -0.3 is 10.4 Å². The van der Waals surface area contributed by atoms with Gasteiger partial charge in [0, 0.05) is 18.0 Å². The molecule has 1 atom stereocenters. The van der Waals surface area contributed by atoms with Crippen LogP contribution < -0.4 is 5.32 Å². The van der Waals surface area contributed by atoms with Crippen LogP contribution in [0.1, 0.15) is 37.0 Å². The van der Waals surface area contributed by atoms with Crippen molar-refractivity contribution in [1.29, 1.82) is 0 Å². The van der Waals surface area contributed by atoms with E-state index in [1.54, 1.807) is 11.3 Å². The molecule has 0 bridgehead atoms. The highest BCUT2D eigenvalue weighted by Gasteiger charge is 2.20.